The first kappa shape index (κ1) is 22.3. The first-order valence-corrected chi connectivity index (χ1v) is 10.7. The van der Waals surface area contributed by atoms with Crippen LogP contribution in [0.1, 0.15) is 27.0 Å². The molecule has 33 heavy (non-hydrogen) atoms. The van der Waals surface area contributed by atoms with Crippen LogP contribution in [0.15, 0.2) is 60.7 Å². The van der Waals surface area contributed by atoms with Crippen molar-refractivity contribution < 1.29 is 23.7 Å². The van der Waals surface area contributed by atoms with Crippen LogP contribution in [0, 0.1) is 0 Å². The highest BCUT2D eigenvalue weighted by molar-refractivity contribution is 6.03. The van der Waals surface area contributed by atoms with Crippen molar-refractivity contribution in [3.8, 4) is 23.0 Å². The molecule has 0 radical (unpaired) electrons. The second-order valence-electron chi connectivity index (χ2n) is 7.58. The summed E-state index contributed by atoms with van der Waals surface area (Å²) >= 11 is 0. The van der Waals surface area contributed by atoms with E-state index in [0.29, 0.717) is 41.5 Å². The Morgan fingerprint density at radius 2 is 1.42 bits per heavy atom. The third-order valence-electron chi connectivity index (χ3n) is 5.76. The van der Waals surface area contributed by atoms with Gasteiger partial charge in [0, 0.05) is 17.7 Å². The minimum Gasteiger partial charge on any atom is -0.493 e. The summed E-state index contributed by atoms with van der Waals surface area (Å²) in [6.07, 6.45) is 2.70. The van der Waals surface area contributed by atoms with E-state index < -0.39 is 0 Å². The van der Waals surface area contributed by atoms with Gasteiger partial charge in [0.1, 0.15) is 0 Å². The Morgan fingerprint density at radius 1 is 0.788 bits per heavy atom. The Hall–Kier alpha value is -3.93. The number of rotatable bonds is 6. The molecule has 4 rings (SSSR count). The second-order valence-corrected chi connectivity index (χ2v) is 7.58. The van der Waals surface area contributed by atoms with Crippen LogP contribution in [-0.2, 0) is 6.42 Å². The number of carbonyl (C=O) groups excluding carboxylic acids is 1. The molecule has 0 fully saturated rings. The van der Waals surface area contributed by atoms with Gasteiger partial charge in [0.2, 0.25) is 0 Å². The normalized spacial score (nSPS) is 13.9. The number of nitrogens with zero attached hydrogens (tertiary/aromatic N) is 1. The Bertz CT molecular complexity index is 1190. The highest BCUT2D eigenvalue weighted by Gasteiger charge is 2.28. The largest absolute Gasteiger partial charge is 0.493 e. The molecule has 1 amide bonds. The van der Waals surface area contributed by atoms with Gasteiger partial charge >= 0.3 is 0 Å². The van der Waals surface area contributed by atoms with Crippen LogP contribution in [-0.4, -0.2) is 45.8 Å². The Labute approximate surface area is 194 Å². The van der Waals surface area contributed by atoms with E-state index in [1.54, 1.807) is 28.4 Å². The summed E-state index contributed by atoms with van der Waals surface area (Å²) in [6, 6.07) is 18.9. The molecule has 0 bridgehead atoms. The summed E-state index contributed by atoms with van der Waals surface area (Å²) in [5.74, 6) is 2.50. The molecule has 1 aliphatic heterocycles. The Kier molecular flexibility index (Phi) is 6.54. The lowest BCUT2D eigenvalue weighted by atomic mass is 9.93. The zero-order valence-electron chi connectivity index (χ0n) is 19.3. The molecule has 0 saturated heterocycles. The maximum absolute atomic E-state index is 13.5. The van der Waals surface area contributed by atoms with E-state index in [1.807, 2.05) is 71.6 Å². The van der Waals surface area contributed by atoms with Gasteiger partial charge in [-0.1, -0.05) is 24.3 Å². The molecule has 0 saturated carbocycles. The summed E-state index contributed by atoms with van der Waals surface area (Å²) in [5, 5.41) is 0. The van der Waals surface area contributed by atoms with Gasteiger partial charge in [0.15, 0.2) is 23.0 Å². The van der Waals surface area contributed by atoms with E-state index in [1.165, 1.54) is 0 Å². The van der Waals surface area contributed by atoms with Crippen molar-refractivity contribution in [1.29, 1.82) is 0 Å². The quantitative estimate of drug-likeness (QED) is 0.539. The van der Waals surface area contributed by atoms with Gasteiger partial charge in [-0.3, -0.25) is 4.79 Å². The van der Waals surface area contributed by atoms with E-state index in [-0.39, 0.29) is 5.91 Å². The second kappa shape index (κ2) is 9.69. The topological polar surface area (TPSA) is 57.2 Å². The molecule has 6 nitrogen and oxygen atoms in total. The smallest absolute Gasteiger partial charge is 0.258 e. The third kappa shape index (κ3) is 4.37. The number of hydrogen-bond acceptors (Lipinski definition) is 5. The number of fused-ring (bicyclic) bond motifs is 1. The zero-order valence-corrected chi connectivity index (χ0v) is 19.3. The first-order valence-electron chi connectivity index (χ1n) is 10.7. The fraction of sp³-hybridized carbons (Fsp3) is 0.222. The van der Waals surface area contributed by atoms with Gasteiger partial charge < -0.3 is 23.8 Å². The molecular weight excluding hydrogens is 418 g/mol. The monoisotopic (exact) mass is 445 g/mol. The minimum atomic E-state index is -0.0530. The summed E-state index contributed by atoms with van der Waals surface area (Å²) in [4.78, 5) is 15.3. The van der Waals surface area contributed by atoms with Crippen molar-refractivity contribution in [3.63, 3.8) is 0 Å². The first-order chi connectivity index (χ1) is 16.1. The van der Waals surface area contributed by atoms with Gasteiger partial charge in [0.05, 0.1) is 34.1 Å². The summed E-state index contributed by atoms with van der Waals surface area (Å²) in [5.41, 5.74) is 4.34. The average molecular weight is 446 g/mol. The molecule has 0 aliphatic carbocycles. The molecule has 170 valence electrons. The Morgan fingerprint density at radius 3 is 2.09 bits per heavy atom. The van der Waals surface area contributed by atoms with Crippen LogP contribution in [0.5, 0.6) is 23.0 Å². The molecule has 6 heteroatoms. The van der Waals surface area contributed by atoms with Gasteiger partial charge in [-0.15, -0.1) is 0 Å². The maximum Gasteiger partial charge on any atom is 0.258 e. The maximum atomic E-state index is 13.5. The van der Waals surface area contributed by atoms with Crippen LogP contribution >= 0.6 is 0 Å². The van der Waals surface area contributed by atoms with Crippen LogP contribution in [0.25, 0.3) is 11.8 Å². The van der Waals surface area contributed by atoms with Crippen LogP contribution < -0.4 is 18.9 Å². The van der Waals surface area contributed by atoms with Crippen molar-refractivity contribution in [2.45, 2.75) is 6.42 Å². The highest BCUT2D eigenvalue weighted by atomic mass is 16.5. The standard InChI is InChI=1S/C27H27NO5/c1-30-23-11-10-18(15-24(23)31-2)14-22-21-17-26(33-4)25(32-3)16-20(21)12-13-28(22)27(29)19-8-6-5-7-9-19/h5-11,14-17H,12-13H2,1-4H3/b22-14-. The summed E-state index contributed by atoms with van der Waals surface area (Å²) in [7, 11) is 6.44. The van der Waals surface area contributed by atoms with Crippen LogP contribution in [0.3, 0.4) is 0 Å². The molecular formula is C27H27NO5. The summed E-state index contributed by atoms with van der Waals surface area (Å²) in [6.45, 7) is 0.551. The lowest BCUT2D eigenvalue weighted by Crippen LogP contribution is -2.35. The molecule has 1 heterocycles. The fourth-order valence-corrected chi connectivity index (χ4v) is 4.07. The molecule has 0 unspecified atom stereocenters. The van der Waals surface area contributed by atoms with Gasteiger partial charge in [-0.2, -0.15) is 0 Å². The van der Waals surface area contributed by atoms with Gasteiger partial charge in [0.25, 0.3) is 5.91 Å². The lowest BCUT2D eigenvalue weighted by molar-refractivity contribution is 0.0834. The molecule has 0 atom stereocenters. The van der Waals surface area contributed by atoms with E-state index in [0.717, 1.165) is 22.4 Å². The van der Waals surface area contributed by atoms with E-state index in [2.05, 4.69) is 0 Å². The molecule has 0 aromatic heterocycles. The van der Waals surface area contributed by atoms with Crippen molar-refractivity contribution in [3.05, 3.63) is 82.9 Å². The number of ether oxygens (including phenoxy) is 4. The van der Waals surface area contributed by atoms with Crippen molar-refractivity contribution in [1.82, 2.24) is 4.90 Å². The Balaban J connectivity index is 1.87. The fourth-order valence-electron chi connectivity index (χ4n) is 4.07. The number of methoxy groups -OCH3 is 4. The lowest BCUT2D eigenvalue weighted by Gasteiger charge is -2.32. The predicted molar refractivity (Wildman–Crippen MR) is 128 cm³/mol. The minimum absolute atomic E-state index is 0.0530. The molecule has 0 N–H and O–H groups in total. The number of hydrogen-bond donors (Lipinski definition) is 0. The predicted octanol–water partition coefficient (Wildman–Crippen LogP) is 4.92. The van der Waals surface area contributed by atoms with Crippen molar-refractivity contribution >= 4 is 17.7 Å². The van der Waals surface area contributed by atoms with Gasteiger partial charge in [-0.25, -0.2) is 0 Å². The van der Waals surface area contributed by atoms with Crippen molar-refractivity contribution in [2.75, 3.05) is 35.0 Å². The third-order valence-corrected chi connectivity index (χ3v) is 5.76. The number of carbonyl (C=O) groups is 1. The highest BCUT2D eigenvalue weighted by Crippen LogP contribution is 2.39. The summed E-state index contributed by atoms with van der Waals surface area (Å²) < 4.78 is 21.9. The van der Waals surface area contributed by atoms with E-state index >= 15 is 0 Å². The number of benzene rings is 3. The van der Waals surface area contributed by atoms with E-state index in [9.17, 15) is 4.79 Å². The van der Waals surface area contributed by atoms with Crippen LogP contribution in [0.4, 0.5) is 0 Å². The van der Waals surface area contributed by atoms with Gasteiger partial charge in [-0.05, 0) is 60.0 Å². The molecule has 1 aliphatic rings. The van der Waals surface area contributed by atoms with E-state index in [4.69, 9.17) is 18.9 Å². The zero-order chi connectivity index (χ0) is 23.4. The van der Waals surface area contributed by atoms with Crippen LogP contribution in [0.2, 0.25) is 0 Å². The number of amides is 1. The molecule has 3 aromatic carbocycles. The molecule has 0 spiro atoms. The average Bonchev–Trinajstić information content (AvgIpc) is 2.88. The molecule has 3 aromatic rings. The van der Waals surface area contributed by atoms with Crippen molar-refractivity contribution in [2.24, 2.45) is 0 Å². The SMILES string of the molecule is COc1ccc(/C=C2/c3cc(OC)c(OC)cc3CCN2C(=O)c2ccccc2)cc1OC.